The van der Waals surface area contributed by atoms with Crippen LogP contribution in [0.3, 0.4) is 0 Å². The van der Waals surface area contributed by atoms with Crippen molar-refractivity contribution in [3.63, 3.8) is 0 Å². The van der Waals surface area contributed by atoms with E-state index in [0.717, 1.165) is 44.3 Å². The SMILES string of the molecule is COCCN(C(=O)CN1CCC(c2nc3ccccc3s2)CC1)C1=CCCCC1. The Labute approximate surface area is 177 Å². The van der Waals surface area contributed by atoms with Crippen molar-refractivity contribution in [2.75, 3.05) is 39.9 Å². The van der Waals surface area contributed by atoms with Gasteiger partial charge in [0.1, 0.15) is 0 Å². The maximum absolute atomic E-state index is 13.1. The minimum Gasteiger partial charge on any atom is -0.383 e. The van der Waals surface area contributed by atoms with Gasteiger partial charge >= 0.3 is 0 Å². The molecule has 29 heavy (non-hydrogen) atoms. The highest BCUT2D eigenvalue weighted by atomic mass is 32.1. The standard InChI is InChI=1S/C23H31N3O2S/c1-28-16-15-26(19-7-3-2-4-8-19)22(27)17-25-13-11-18(12-14-25)23-24-20-9-5-6-10-21(20)29-23/h5-7,9-10,18H,2-4,8,11-17H2,1H3. The Morgan fingerprint density at radius 1 is 1.28 bits per heavy atom. The normalized spacial score (nSPS) is 18.7. The second-order valence-corrected chi connectivity index (χ2v) is 9.11. The second-order valence-electron chi connectivity index (χ2n) is 8.05. The summed E-state index contributed by atoms with van der Waals surface area (Å²) in [5.41, 5.74) is 2.31. The number of hydrogen-bond acceptors (Lipinski definition) is 5. The minimum absolute atomic E-state index is 0.216. The molecule has 5 nitrogen and oxygen atoms in total. The molecule has 1 aliphatic heterocycles. The Balaban J connectivity index is 1.33. The number of aromatic nitrogens is 1. The molecule has 6 heteroatoms. The van der Waals surface area contributed by atoms with Crippen LogP contribution < -0.4 is 0 Å². The topological polar surface area (TPSA) is 45.7 Å². The number of benzene rings is 1. The zero-order chi connectivity index (χ0) is 20.1. The molecule has 0 spiro atoms. The van der Waals surface area contributed by atoms with Gasteiger partial charge in [0.25, 0.3) is 0 Å². The summed E-state index contributed by atoms with van der Waals surface area (Å²) in [6.07, 6.45) is 8.90. The largest absolute Gasteiger partial charge is 0.383 e. The summed E-state index contributed by atoms with van der Waals surface area (Å²) in [5.74, 6) is 0.734. The maximum Gasteiger partial charge on any atom is 0.240 e. The van der Waals surface area contributed by atoms with E-state index in [1.807, 2.05) is 16.2 Å². The molecule has 2 aliphatic rings. The third-order valence-corrected chi connectivity index (χ3v) is 7.24. The zero-order valence-electron chi connectivity index (χ0n) is 17.3. The predicted molar refractivity (Wildman–Crippen MR) is 118 cm³/mol. The van der Waals surface area contributed by atoms with Crippen LogP contribution in [0.1, 0.15) is 49.5 Å². The molecule has 0 atom stereocenters. The highest BCUT2D eigenvalue weighted by Gasteiger charge is 2.27. The van der Waals surface area contributed by atoms with E-state index in [9.17, 15) is 4.79 Å². The van der Waals surface area contributed by atoms with Gasteiger partial charge in [-0.05, 0) is 63.7 Å². The maximum atomic E-state index is 13.1. The van der Waals surface area contributed by atoms with E-state index in [0.29, 0.717) is 25.6 Å². The van der Waals surface area contributed by atoms with Gasteiger partial charge in [0, 0.05) is 25.3 Å². The molecule has 1 aromatic heterocycles. The molecular formula is C23H31N3O2S. The Morgan fingerprint density at radius 3 is 2.83 bits per heavy atom. The Hall–Kier alpha value is -1.76. The van der Waals surface area contributed by atoms with Crippen molar-refractivity contribution >= 4 is 27.5 Å². The van der Waals surface area contributed by atoms with Crippen LogP contribution in [0.2, 0.25) is 0 Å². The Kier molecular flexibility index (Phi) is 6.95. The fourth-order valence-corrected chi connectivity index (χ4v) is 5.49. The molecule has 156 valence electrons. The molecule has 1 aliphatic carbocycles. The number of para-hydroxylation sites is 1. The van der Waals surface area contributed by atoms with Crippen LogP contribution in [0.5, 0.6) is 0 Å². The third-order valence-electron chi connectivity index (χ3n) is 6.04. The van der Waals surface area contributed by atoms with E-state index in [2.05, 4.69) is 35.2 Å². The molecule has 1 aromatic carbocycles. The van der Waals surface area contributed by atoms with Crippen molar-refractivity contribution in [3.8, 4) is 0 Å². The number of methoxy groups -OCH3 is 1. The van der Waals surface area contributed by atoms with Gasteiger partial charge in [-0.3, -0.25) is 9.69 Å². The first-order valence-electron chi connectivity index (χ1n) is 10.8. The van der Waals surface area contributed by atoms with Crippen molar-refractivity contribution in [3.05, 3.63) is 41.0 Å². The van der Waals surface area contributed by atoms with Crippen molar-refractivity contribution in [1.29, 1.82) is 0 Å². The molecule has 4 rings (SSSR count). The minimum atomic E-state index is 0.216. The number of thiazole rings is 1. The van der Waals surface area contributed by atoms with Crippen LogP contribution >= 0.6 is 11.3 Å². The van der Waals surface area contributed by atoms with Crippen LogP contribution in [0.25, 0.3) is 10.2 Å². The van der Waals surface area contributed by atoms with Gasteiger partial charge in [-0.2, -0.15) is 0 Å². The summed E-state index contributed by atoms with van der Waals surface area (Å²) in [4.78, 5) is 22.2. The highest BCUT2D eigenvalue weighted by molar-refractivity contribution is 7.18. The Morgan fingerprint density at radius 2 is 2.10 bits per heavy atom. The second kappa shape index (κ2) is 9.83. The smallest absolute Gasteiger partial charge is 0.240 e. The van der Waals surface area contributed by atoms with Crippen molar-refractivity contribution in [2.45, 2.75) is 44.4 Å². The number of likely N-dealkylation sites (tertiary alicyclic amines) is 1. The van der Waals surface area contributed by atoms with Crippen LogP contribution in [-0.4, -0.2) is 60.6 Å². The van der Waals surface area contributed by atoms with Gasteiger partial charge in [-0.25, -0.2) is 4.98 Å². The van der Waals surface area contributed by atoms with Crippen molar-refractivity contribution in [1.82, 2.24) is 14.8 Å². The average molecular weight is 414 g/mol. The van der Waals surface area contributed by atoms with Gasteiger partial charge in [-0.1, -0.05) is 18.2 Å². The summed E-state index contributed by atoms with van der Waals surface area (Å²) in [7, 11) is 1.70. The van der Waals surface area contributed by atoms with Crippen molar-refractivity contribution < 1.29 is 9.53 Å². The van der Waals surface area contributed by atoms with Crippen LogP contribution in [-0.2, 0) is 9.53 Å². The van der Waals surface area contributed by atoms with Crippen molar-refractivity contribution in [2.24, 2.45) is 0 Å². The van der Waals surface area contributed by atoms with Gasteiger partial charge < -0.3 is 9.64 Å². The van der Waals surface area contributed by atoms with Gasteiger partial charge in [0.15, 0.2) is 0 Å². The summed E-state index contributed by atoms with van der Waals surface area (Å²) in [5, 5.41) is 1.26. The molecular weight excluding hydrogens is 382 g/mol. The number of allylic oxidation sites excluding steroid dienone is 2. The van der Waals surface area contributed by atoms with Crippen LogP contribution in [0, 0.1) is 0 Å². The summed E-state index contributed by atoms with van der Waals surface area (Å²) >= 11 is 1.83. The molecule has 0 bridgehead atoms. The Bertz CT molecular complexity index is 822. The highest BCUT2D eigenvalue weighted by Crippen LogP contribution is 2.33. The summed E-state index contributed by atoms with van der Waals surface area (Å²) in [6, 6.07) is 8.38. The fourth-order valence-electron chi connectivity index (χ4n) is 4.36. The van der Waals surface area contributed by atoms with Gasteiger partial charge in [0.05, 0.1) is 28.4 Å². The molecule has 0 unspecified atom stereocenters. The third kappa shape index (κ3) is 5.05. The first-order valence-corrected chi connectivity index (χ1v) is 11.6. The number of fused-ring (bicyclic) bond motifs is 1. The predicted octanol–water partition coefficient (Wildman–Crippen LogP) is 4.41. The van der Waals surface area contributed by atoms with E-state index in [1.54, 1.807) is 7.11 Å². The van der Waals surface area contributed by atoms with E-state index in [4.69, 9.17) is 9.72 Å². The van der Waals surface area contributed by atoms with Gasteiger partial charge in [-0.15, -0.1) is 11.3 Å². The number of carbonyl (C=O) groups is 1. The number of rotatable bonds is 7. The number of ether oxygens (including phenoxy) is 1. The molecule has 2 heterocycles. The van der Waals surface area contributed by atoms with Crippen LogP contribution in [0.15, 0.2) is 36.0 Å². The van der Waals surface area contributed by atoms with E-state index >= 15 is 0 Å². The fraction of sp³-hybridized carbons (Fsp3) is 0.565. The quantitative estimate of drug-likeness (QED) is 0.675. The number of nitrogens with zero attached hydrogens (tertiary/aromatic N) is 3. The molecule has 1 saturated heterocycles. The van der Waals surface area contributed by atoms with E-state index in [1.165, 1.54) is 28.2 Å². The lowest BCUT2D eigenvalue weighted by molar-refractivity contribution is -0.131. The number of piperidine rings is 1. The molecule has 1 fully saturated rings. The molecule has 0 N–H and O–H groups in total. The lowest BCUT2D eigenvalue weighted by Gasteiger charge is -2.33. The molecule has 0 saturated carbocycles. The summed E-state index contributed by atoms with van der Waals surface area (Å²) < 4.78 is 6.52. The molecule has 2 aromatic rings. The molecule has 1 amide bonds. The van der Waals surface area contributed by atoms with E-state index in [-0.39, 0.29) is 5.91 Å². The number of hydrogen-bond donors (Lipinski definition) is 0. The van der Waals surface area contributed by atoms with E-state index < -0.39 is 0 Å². The molecule has 0 radical (unpaired) electrons. The first kappa shape index (κ1) is 20.5. The van der Waals surface area contributed by atoms with Gasteiger partial charge in [0.2, 0.25) is 5.91 Å². The average Bonchev–Trinajstić information content (AvgIpc) is 3.19. The lowest BCUT2D eigenvalue weighted by atomic mass is 9.97. The monoisotopic (exact) mass is 413 g/mol. The first-order chi connectivity index (χ1) is 14.2. The summed E-state index contributed by atoms with van der Waals surface area (Å²) in [6.45, 7) is 3.67. The lowest BCUT2D eigenvalue weighted by Crippen LogP contribution is -2.44. The number of carbonyl (C=O) groups excluding carboxylic acids is 1. The zero-order valence-corrected chi connectivity index (χ0v) is 18.1. The number of amides is 1. The van der Waals surface area contributed by atoms with Crippen LogP contribution in [0.4, 0.5) is 0 Å².